The fraction of sp³-hybridized carbons (Fsp3) is 0.222. The summed E-state index contributed by atoms with van der Waals surface area (Å²) < 4.78 is 36.5. The number of carbonyl (C=O) groups is 1. The minimum absolute atomic E-state index is 0.0618. The maximum Gasteiger partial charge on any atom is 0.272 e. The Labute approximate surface area is 231 Å². The number of non-ortho nitro benzene ring substituents is 1. The number of amides is 1. The number of sulfonamides is 1. The zero-order chi connectivity index (χ0) is 28.9. The molecule has 0 saturated carbocycles. The molecule has 0 radical (unpaired) electrons. The number of carbonyl (C=O) groups excluding carboxylic acids is 1. The lowest BCUT2D eigenvalue weighted by Crippen LogP contribution is -2.32. The van der Waals surface area contributed by atoms with Crippen LogP contribution in [0.2, 0.25) is 0 Å². The molecule has 4 aromatic rings. The van der Waals surface area contributed by atoms with Crippen LogP contribution in [0.5, 0.6) is 11.6 Å². The van der Waals surface area contributed by atoms with Crippen LogP contribution in [-0.2, 0) is 16.6 Å². The number of aromatic nitrogens is 3. The molecule has 0 aliphatic carbocycles. The van der Waals surface area contributed by atoms with Gasteiger partial charge >= 0.3 is 0 Å². The van der Waals surface area contributed by atoms with Crippen LogP contribution in [0.3, 0.4) is 0 Å². The number of hydrogen-bond donors (Lipinski definition) is 2. The van der Waals surface area contributed by atoms with Gasteiger partial charge in [-0.05, 0) is 50.1 Å². The van der Waals surface area contributed by atoms with Crippen molar-refractivity contribution in [3.8, 4) is 17.3 Å². The van der Waals surface area contributed by atoms with E-state index in [-0.39, 0.29) is 23.9 Å². The number of benzene rings is 2. The quantitative estimate of drug-likeness (QED) is 0.202. The van der Waals surface area contributed by atoms with Crippen molar-refractivity contribution in [3.05, 3.63) is 100.0 Å². The summed E-state index contributed by atoms with van der Waals surface area (Å²) in [6, 6.07) is 15.3. The van der Waals surface area contributed by atoms with Crippen molar-refractivity contribution in [2.45, 2.75) is 44.7 Å². The van der Waals surface area contributed by atoms with E-state index in [1.807, 2.05) is 12.1 Å². The fourth-order valence-corrected chi connectivity index (χ4v) is 5.22. The van der Waals surface area contributed by atoms with Crippen LogP contribution in [0, 0.1) is 17.0 Å². The third-order valence-corrected chi connectivity index (χ3v) is 7.67. The molecule has 1 unspecified atom stereocenters. The SMILES string of the molecule is CCC(C)NS(=O)(=O)c1cc([N+](=O)[O-])ccc1Oc1c(C)c(C(=O)NCc2cccnc2)nn1-c1ccccc1. The first kappa shape index (κ1) is 28.4. The van der Waals surface area contributed by atoms with Gasteiger partial charge < -0.3 is 10.1 Å². The number of nitro groups is 1. The smallest absolute Gasteiger partial charge is 0.272 e. The van der Waals surface area contributed by atoms with Crippen molar-refractivity contribution in [2.24, 2.45) is 0 Å². The molecule has 0 aliphatic rings. The van der Waals surface area contributed by atoms with Gasteiger partial charge in [0, 0.05) is 42.7 Å². The van der Waals surface area contributed by atoms with Gasteiger partial charge in [-0.2, -0.15) is 9.78 Å². The van der Waals surface area contributed by atoms with Crippen LogP contribution in [0.15, 0.2) is 78.0 Å². The van der Waals surface area contributed by atoms with Crippen molar-refractivity contribution in [1.29, 1.82) is 0 Å². The third kappa shape index (κ3) is 6.33. The molecular weight excluding hydrogens is 536 g/mol. The Morgan fingerprint density at radius 3 is 2.55 bits per heavy atom. The zero-order valence-electron chi connectivity index (χ0n) is 22.1. The summed E-state index contributed by atoms with van der Waals surface area (Å²) in [5, 5.41) is 18.7. The van der Waals surface area contributed by atoms with E-state index in [4.69, 9.17) is 4.74 Å². The Morgan fingerprint density at radius 2 is 1.90 bits per heavy atom. The van der Waals surface area contributed by atoms with Gasteiger partial charge in [0.05, 0.1) is 10.6 Å². The van der Waals surface area contributed by atoms with Crippen molar-refractivity contribution in [1.82, 2.24) is 24.8 Å². The lowest BCUT2D eigenvalue weighted by Gasteiger charge is -2.16. The molecule has 4 rings (SSSR count). The number of nitrogens with one attached hydrogen (secondary N) is 2. The number of para-hydroxylation sites is 1. The van der Waals surface area contributed by atoms with Gasteiger partial charge in [-0.1, -0.05) is 31.2 Å². The summed E-state index contributed by atoms with van der Waals surface area (Å²) in [6.07, 6.45) is 3.77. The number of nitro benzene ring substituents is 1. The molecule has 40 heavy (non-hydrogen) atoms. The number of ether oxygens (including phenoxy) is 1. The lowest BCUT2D eigenvalue weighted by molar-refractivity contribution is -0.385. The number of nitrogens with zero attached hydrogens (tertiary/aromatic N) is 4. The van der Waals surface area contributed by atoms with Crippen LogP contribution in [-0.4, -0.2) is 40.1 Å². The summed E-state index contributed by atoms with van der Waals surface area (Å²) in [6.45, 7) is 5.32. The Morgan fingerprint density at radius 1 is 1.15 bits per heavy atom. The van der Waals surface area contributed by atoms with E-state index in [0.29, 0.717) is 17.7 Å². The maximum atomic E-state index is 13.3. The maximum absolute atomic E-state index is 13.3. The van der Waals surface area contributed by atoms with E-state index in [2.05, 4.69) is 20.1 Å². The third-order valence-electron chi connectivity index (χ3n) is 6.06. The second-order valence-corrected chi connectivity index (χ2v) is 10.7. The van der Waals surface area contributed by atoms with E-state index in [0.717, 1.165) is 17.7 Å². The summed E-state index contributed by atoms with van der Waals surface area (Å²) in [5.41, 5.74) is 1.33. The molecule has 1 amide bonds. The summed E-state index contributed by atoms with van der Waals surface area (Å²) in [5.74, 6) is -0.564. The van der Waals surface area contributed by atoms with Crippen LogP contribution in [0.25, 0.3) is 5.69 Å². The molecule has 13 heteroatoms. The monoisotopic (exact) mass is 564 g/mol. The minimum Gasteiger partial charge on any atom is -0.437 e. The highest BCUT2D eigenvalue weighted by Crippen LogP contribution is 2.35. The molecule has 0 saturated heterocycles. The first-order valence-corrected chi connectivity index (χ1v) is 13.9. The van der Waals surface area contributed by atoms with Crippen LogP contribution in [0.1, 0.15) is 41.9 Å². The summed E-state index contributed by atoms with van der Waals surface area (Å²) >= 11 is 0. The molecule has 208 valence electrons. The first-order valence-electron chi connectivity index (χ1n) is 12.4. The molecule has 2 heterocycles. The average Bonchev–Trinajstić information content (AvgIpc) is 3.28. The van der Waals surface area contributed by atoms with E-state index < -0.39 is 37.5 Å². The van der Waals surface area contributed by atoms with Crippen molar-refractivity contribution in [3.63, 3.8) is 0 Å². The number of hydrogen-bond acceptors (Lipinski definition) is 8. The van der Waals surface area contributed by atoms with Gasteiger partial charge in [-0.25, -0.2) is 13.1 Å². The lowest BCUT2D eigenvalue weighted by atomic mass is 10.2. The minimum atomic E-state index is -4.21. The zero-order valence-corrected chi connectivity index (χ0v) is 22.9. The van der Waals surface area contributed by atoms with Gasteiger partial charge in [0.15, 0.2) is 5.69 Å². The molecule has 0 spiro atoms. The highest BCUT2D eigenvalue weighted by atomic mass is 32.2. The van der Waals surface area contributed by atoms with E-state index in [1.54, 1.807) is 63.5 Å². The van der Waals surface area contributed by atoms with Crippen molar-refractivity contribution >= 4 is 21.6 Å². The Hall–Kier alpha value is -4.62. The van der Waals surface area contributed by atoms with Crippen molar-refractivity contribution in [2.75, 3.05) is 0 Å². The van der Waals surface area contributed by atoms with Crippen LogP contribution >= 0.6 is 0 Å². The Bertz CT molecular complexity index is 1620. The molecule has 0 fully saturated rings. The second kappa shape index (κ2) is 12.1. The van der Waals surface area contributed by atoms with E-state index in [9.17, 15) is 23.3 Å². The molecule has 1 atom stereocenters. The molecule has 0 aliphatic heterocycles. The van der Waals surface area contributed by atoms with Crippen LogP contribution < -0.4 is 14.8 Å². The molecule has 2 N–H and O–H groups in total. The average molecular weight is 565 g/mol. The standard InChI is InChI=1S/C27H28N6O6S/c1-4-18(2)31-40(37,38)24-15-22(33(35)36)12-13-23(24)39-27-19(3)25(30-32(27)21-10-6-5-7-11-21)26(34)29-17-20-9-8-14-28-16-20/h5-16,18,31H,4,17H2,1-3H3,(H,29,34). The predicted molar refractivity (Wildman–Crippen MR) is 147 cm³/mol. The van der Waals surface area contributed by atoms with E-state index >= 15 is 0 Å². The molecule has 12 nitrogen and oxygen atoms in total. The normalized spacial score (nSPS) is 12.1. The predicted octanol–water partition coefficient (Wildman–Crippen LogP) is 4.28. The van der Waals surface area contributed by atoms with Gasteiger partial charge in [-0.3, -0.25) is 19.9 Å². The highest BCUT2D eigenvalue weighted by molar-refractivity contribution is 7.89. The van der Waals surface area contributed by atoms with Crippen molar-refractivity contribution < 1.29 is 22.9 Å². The summed E-state index contributed by atoms with van der Waals surface area (Å²) in [4.78, 5) is 27.5. The largest absolute Gasteiger partial charge is 0.437 e. The molecule has 2 aromatic carbocycles. The second-order valence-electron chi connectivity index (χ2n) is 8.99. The highest BCUT2D eigenvalue weighted by Gasteiger charge is 2.28. The number of pyridine rings is 1. The number of rotatable bonds is 11. The van der Waals surface area contributed by atoms with Gasteiger partial charge in [0.25, 0.3) is 11.6 Å². The molecule has 0 bridgehead atoms. The topological polar surface area (TPSA) is 158 Å². The Balaban J connectivity index is 1.78. The van der Waals surface area contributed by atoms with E-state index in [1.165, 1.54) is 10.7 Å². The van der Waals surface area contributed by atoms with Gasteiger partial charge in [0.1, 0.15) is 10.6 Å². The van der Waals surface area contributed by atoms with Gasteiger partial charge in [0.2, 0.25) is 15.9 Å². The first-order chi connectivity index (χ1) is 19.1. The molecular formula is C27H28N6O6S. The van der Waals surface area contributed by atoms with Crippen LogP contribution in [0.4, 0.5) is 5.69 Å². The Kier molecular flexibility index (Phi) is 8.55. The fourth-order valence-electron chi connectivity index (χ4n) is 3.75. The molecule has 2 aromatic heterocycles. The summed E-state index contributed by atoms with van der Waals surface area (Å²) in [7, 11) is -4.21. The van der Waals surface area contributed by atoms with Gasteiger partial charge in [-0.15, -0.1) is 0 Å².